The maximum Gasteiger partial charge on any atom is 0.178 e. The zero-order chi connectivity index (χ0) is 14.7. The summed E-state index contributed by atoms with van der Waals surface area (Å²) in [6, 6.07) is 0.817. The van der Waals surface area contributed by atoms with Crippen LogP contribution in [0.5, 0.6) is 0 Å². The lowest BCUT2D eigenvalue weighted by molar-refractivity contribution is 0.230. The molecule has 0 unspecified atom stereocenters. The van der Waals surface area contributed by atoms with Crippen LogP contribution in [-0.4, -0.2) is 42.6 Å². The highest BCUT2D eigenvalue weighted by Gasteiger charge is 2.22. The predicted octanol–water partition coefficient (Wildman–Crippen LogP) is 1.42. The molecule has 2 rings (SSSR count). The summed E-state index contributed by atoms with van der Waals surface area (Å²) in [5.74, 6) is 4.36. The zero-order valence-electron chi connectivity index (χ0n) is 11.9. The molecule has 0 amide bonds. The van der Waals surface area contributed by atoms with Crippen molar-refractivity contribution in [3.05, 3.63) is 17.7 Å². The van der Waals surface area contributed by atoms with Crippen LogP contribution in [0, 0.1) is 17.6 Å². The summed E-state index contributed by atoms with van der Waals surface area (Å²) in [6.45, 7) is 8.42. The maximum atomic E-state index is 13.8. The van der Waals surface area contributed by atoms with E-state index >= 15 is 0 Å². The van der Waals surface area contributed by atoms with Gasteiger partial charge < -0.3 is 10.3 Å². The van der Waals surface area contributed by atoms with Gasteiger partial charge in [-0.05, 0) is 5.92 Å². The number of hydrazine groups is 1. The van der Waals surface area contributed by atoms with Crippen molar-refractivity contribution in [1.82, 2.24) is 9.88 Å². The van der Waals surface area contributed by atoms with Gasteiger partial charge in [0.2, 0.25) is 0 Å². The molecule has 3 N–H and O–H groups in total. The lowest BCUT2D eigenvalue weighted by Gasteiger charge is -2.36. The molecule has 1 aliphatic rings. The fraction of sp³-hybridized carbons (Fsp3) is 0.615. The minimum Gasteiger partial charge on any atom is -0.352 e. The molecule has 1 aromatic heterocycles. The Morgan fingerprint density at radius 1 is 1.25 bits per heavy atom. The first kappa shape index (κ1) is 14.9. The Morgan fingerprint density at radius 3 is 2.45 bits per heavy atom. The van der Waals surface area contributed by atoms with Gasteiger partial charge in [-0.1, -0.05) is 13.8 Å². The Balaban J connectivity index is 2.07. The molecule has 0 aromatic carbocycles. The van der Waals surface area contributed by atoms with Crippen LogP contribution in [0.25, 0.3) is 0 Å². The van der Waals surface area contributed by atoms with Gasteiger partial charge in [-0.15, -0.1) is 0 Å². The van der Waals surface area contributed by atoms with E-state index < -0.39 is 11.6 Å². The molecule has 0 atom stereocenters. The first-order valence-corrected chi connectivity index (χ1v) is 6.81. The normalized spacial score (nSPS) is 16.8. The maximum absolute atomic E-state index is 13.8. The summed E-state index contributed by atoms with van der Waals surface area (Å²) in [5.41, 5.74) is 2.15. The van der Waals surface area contributed by atoms with E-state index in [9.17, 15) is 8.78 Å². The highest BCUT2D eigenvalue weighted by atomic mass is 19.1. The Hall–Kier alpha value is -1.47. The second-order valence-electron chi connectivity index (χ2n) is 5.45. The highest BCUT2D eigenvalue weighted by molar-refractivity contribution is 5.49. The van der Waals surface area contributed by atoms with Gasteiger partial charge in [-0.2, -0.15) is 0 Å². The van der Waals surface area contributed by atoms with E-state index in [1.54, 1.807) is 0 Å². The van der Waals surface area contributed by atoms with Gasteiger partial charge in [0.25, 0.3) is 0 Å². The number of hydrogen-bond acceptors (Lipinski definition) is 5. The standard InChI is InChI=1S/C13H21F2N5/c1-9(2)8-19-3-5-20(6-4-19)13-11(15)7-10(14)12(17-13)18-16/h7,9H,3-6,8,16H2,1-2H3,(H,17,18). The van der Waals surface area contributed by atoms with Crippen LogP contribution in [0.2, 0.25) is 0 Å². The predicted molar refractivity (Wildman–Crippen MR) is 75.5 cm³/mol. The van der Waals surface area contributed by atoms with E-state index in [0.717, 1.165) is 25.7 Å². The second kappa shape index (κ2) is 6.32. The fourth-order valence-corrected chi connectivity index (χ4v) is 2.44. The van der Waals surface area contributed by atoms with E-state index in [1.165, 1.54) is 0 Å². The summed E-state index contributed by atoms with van der Waals surface area (Å²) < 4.78 is 27.2. The fourth-order valence-electron chi connectivity index (χ4n) is 2.44. The van der Waals surface area contributed by atoms with Gasteiger partial charge in [0, 0.05) is 38.8 Å². The number of hydrogen-bond donors (Lipinski definition) is 2. The average Bonchev–Trinajstić information content (AvgIpc) is 2.39. The average molecular weight is 285 g/mol. The van der Waals surface area contributed by atoms with E-state index in [4.69, 9.17) is 5.84 Å². The number of halogens is 2. The van der Waals surface area contributed by atoms with Crippen molar-refractivity contribution in [3.63, 3.8) is 0 Å². The summed E-state index contributed by atoms with van der Waals surface area (Å²) in [7, 11) is 0. The largest absolute Gasteiger partial charge is 0.352 e. The molecular formula is C13H21F2N5. The van der Waals surface area contributed by atoms with Crippen LogP contribution in [-0.2, 0) is 0 Å². The summed E-state index contributed by atoms with van der Waals surface area (Å²) >= 11 is 0. The van der Waals surface area contributed by atoms with Crippen molar-refractivity contribution in [2.24, 2.45) is 11.8 Å². The molecule has 7 heteroatoms. The van der Waals surface area contributed by atoms with E-state index in [1.807, 2.05) is 4.90 Å². The minimum absolute atomic E-state index is 0.133. The molecule has 2 heterocycles. The summed E-state index contributed by atoms with van der Waals surface area (Å²) in [5, 5.41) is 0. The minimum atomic E-state index is -0.785. The first-order chi connectivity index (χ1) is 9.51. The molecule has 0 aliphatic carbocycles. The van der Waals surface area contributed by atoms with Crippen molar-refractivity contribution in [2.75, 3.05) is 43.0 Å². The number of piperazine rings is 1. The molecule has 20 heavy (non-hydrogen) atoms. The molecule has 1 saturated heterocycles. The number of nitrogen functional groups attached to an aromatic ring is 1. The van der Waals surface area contributed by atoms with Crippen molar-refractivity contribution in [1.29, 1.82) is 0 Å². The topological polar surface area (TPSA) is 57.4 Å². The molecule has 1 aromatic rings. The Kier molecular flexibility index (Phi) is 4.72. The molecule has 1 fully saturated rings. The number of aromatic nitrogens is 1. The van der Waals surface area contributed by atoms with Crippen LogP contribution < -0.4 is 16.2 Å². The van der Waals surface area contributed by atoms with Gasteiger partial charge in [-0.3, -0.25) is 4.90 Å². The molecule has 0 radical (unpaired) electrons. The van der Waals surface area contributed by atoms with Gasteiger partial charge in [0.05, 0.1) is 0 Å². The lowest BCUT2D eigenvalue weighted by Crippen LogP contribution is -2.48. The molecule has 112 valence electrons. The smallest absolute Gasteiger partial charge is 0.178 e. The van der Waals surface area contributed by atoms with Crippen molar-refractivity contribution in [2.45, 2.75) is 13.8 Å². The van der Waals surface area contributed by atoms with Crippen LogP contribution >= 0.6 is 0 Å². The van der Waals surface area contributed by atoms with Gasteiger partial charge in [-0.25, -0.2) is 19.6 Å². The molecule has 0 bridgehead atoms. The summed E-state index contributed by atoms with van der Waals surface area (Å²) in [6.07, 6.45) is 0. The number of rotatable bonds is 4. The van der Waals surface area contributed by atoms with Crippen molar-refractivity contribution in [3.8, 4) is 0 Å². The van der Waals surface area contributed by atoms with Gasteiger partial charge in [0.1, 0.15) is 0 Å². The molecule has 5 nitrogen and oxygen atoms in total. The van der Waals surface area contributed by atoms with E-state index in [2.05, 4.69) is 29.2 Å². The van der Waals surface area contributed by atoms with Gasteiger partial charge in [0.15, 0.2) is 23.3 Å². The number of nitrogens with one attached hydrogen (secondary N) is 1. The van der Waals surface area contributed by atoms with Crippen LogP contribution in [0.3, 0.4) is 0 Å². The monoisotopic (exact) mass is 285 g/mol. The van der Waals surface area contributed by atoms with Crippen molar-refractivity contribution < 1.29 is 8.78 Å². The molecule has 1 aliphatic heterocycles. The molecule has 0 saturated carbocycles. The highest BCUT2D eigenvalue weighted by Crippen LogP contribution is 2.23. The Morgan fingerprint density at radius 2 is 1.90 bits per heavy atom. The lowest BCUT2D eigenvalue weighted by atomic mass is 10.2. The number of pyridine rings is 1. The molecular weight excluding hydrogens is 264 g/mol. The van der Waals surface area contributed by atoms with Crippen LogP contribution in [0.15, 0.2) is 6.07 Å². The second-order valence-corrected chi connectivity index (χ2v) is 5.45. The summed E-state index contributed by atoms with van der Waals surface area (Å²) in [4.78, 5) is 8.09. The SMILES string of the molecule is CC(C)CN1CCN(c2nc(NN)c(F)cc2F)CC1. The van der Waals surface area contributed by atoms with E-state index in [-0.39, 0.29) is 11.6 Å². The van der Waals surface area contributed by atoms with Crippen LogP contribution in [0.4, 0.5) is 20.4 Å². The third-order valence-electron chi connectivity index (χ3n) is 3.34. The third kappa shape index (κ3) is 3.34. The number of nitrogens with two attached hydrogens (primary N) is 1. The Labute approximate surface area is 117 Å². The van der Waals surface area contributed by atoms with Gasteiger partial charge >= 0.3 is 0 Å². The van der Waals surface area contributed by atoms with E-state index in [0.29, 0.717) is 19.0 Å². The zero-order valence-corrected chi connectivity index (χ0v) is 11.9. The molecule has 0 spiro atoms. The quantitative estimate of drug-likeness (QED) is 0.647. The number of anilines is 2. The third-order valence-corrected chi connectivity index (χ3v) is 3.34. The van der Waals surface area contributed by atoms with Crippen molar-refractivity contribution >= 4 is 11.6 Å². The van der Waals surface area contributed by atoms with Crippen LogP contribution in [0.1, 0.15) is 13.8 Å². The Bertz CT molecular complexity index is 458. The number of nitrogens with zero attached hydrogens (tertiary/aromatic N) is 3. The first-order valence-electron chi connectivity index (χ1n) is 6.81.